The van der Waals surface area contributed by atoms with Crippen LogP contribution < -0.4 is 11.2 Å². The lowest BCUT2D eigenvalue weighted by atomic mass is 10.2. The molecule has 2 heterocycles. The minimum Gasteiger partial charge on any atom is -0.275 e. The molecule has 0 aliphatic rings. The first-order valence-corrected chi connectivity index (χ1v) is 6.48. The molecule has 0 amide bonds. The van der Waals surface area contributed by atoms with Gasteiger partial charge in [0.2, 0.25) is 0 Å². The summed E-state index contributed by atoms with van der Waals surface area (Å²) in [5.41, 5.74) is 0.777. The maximum Gasteiger partial charge on any atom is 0.333 e. The van der Waals surface area contributed by atoms with Gasteiger partial charge in [0.15, 0.2) is 0 Å². The lowest BCUT2D eigenvalue weighted by Crippen LogP contribution is -2.42. The first kappa shape index (κ1) is 13.5. The molecular weight excluding hydrogens is 242 g/mol. The Labute approximate surface area is 111 Å². The standard InChI is InChI=1S/C14H19N3O2/c1-8(2)16-12-11(10(5)6-7-15-12)13(18)17(9(3)4)14(16)19/h6-9H,1-5H3. The molecule has 0 saturated heterocycles. The minimum atomic E-state index is -0.291. The number of aromatic nitrogens is 3. The van der Waals surface area contributed by atoms with Crippen LogP contribution in [0.3, 0.4) is 0 Å². The summed E-state index contributed by atoms with van der Waals surface area (Å²) in [6, 6.07) is 1.58. The van der Waals surface area contributed by atoms with E-state index in [2.05, 4.69) is 4.98 Å². The number of rotatable bonds is 2. The highest BCUT2D eigenvalue weighted by Crippen LogP contribution is 2.14. The fourth-order valence-electron chi connectivity index (χ4n) is 2.33. The van der Waals surface area contributed by atoms with Crippen molar-refractivity contribution < 1.29 is 0 Å². The molecule has 0 unspecified atom stereocenters. The van der Waals surface area contributed by atoms with Crippen LogP contribution in [0.4, 0.5) is 0 Å². The van der Waals surface area contributed by atoms with Gasteiger partial charge < -0.3 is 0 Å². The van der Waals surface area contributed by atoms with Crippen LogP contribution in [0.1, 0.15) is 45.3 Å². The van der Waals surface area contributed by atoms with E-state index in [0.29, 0.717) is 11.0 Å². The number of hydrogen-bond acceptors (Lipinski definition) is 3. The van der Waals surface area contributed by atoms with Crippen molar-refractivity contribution in [2.24, 2.45) is 0 Å². The van der Waals surface area contributed by atoms with Gasteiger partial charge in [-0.1, -0.05) is 0 Å². The molecule has 0 radical (unpaired) electrons. The molecular formula is C14H19N3O2. The fourth-order valence-corrected chi connectivity index (χ4v) is 2.33. The zero-order chi connectivity index (χ0) is 14.3. The summed E-state index contributed by atoms with van der Waals surface area (Å²) < 4.78 is 2.89. The molecule has 0 aromatic carbocycles. The minimum absolute atomic E-state index is 0.0464. The van der Waals surface area contributed by atoms with Crippen LogP contribution in [0.15, 0.2) is 21.9 Å². The van der Waals surface area contributed by atoms with Crippen molar-refractivity contribution in [3.05, 3.63) is 38.7 Å². The van der Waals surface area contributed by atoms with Gasteiger partial charge in [0.1, 0.15) is 5.65 Å². The van der Waals surface area contributed by atoms with E-state index in [0.717, 1.165) is 5.56 Å². The Morgan fingerprint density at radius 1 is 1.05 bits per heavy atom. The molecule has 0 spiro atoms. The Hall–Kier alpha value is -1.91. The van der Waals surface area contributed by atoms with Crippen molar-refractivity contribution in [3.63, 3.8) is 0 Å². The highest BCUT2D eigenvalue weighted by atomic mass is 16.2. The quantitative estimate of drug-likeness (QED) is 0.831. The van der Waals surface area contributed by atoms with Crippen LogP contribution in [0.25, 0.3) is 11.0 Å². The first-order valence-electron chi connectivity index (χ1n) is 6.48. The van der Waals surface area contributed by atoms with Crippen molar-refractivity contribution in [1.82, 2.24) is 14.1 Å². The van der Waals surface area contributed by atoms with E-state index >= 15 is 0 Å². The number of nitrogens with zero attached hydrogens (tertiary/aromatic N) is 3. The lowest BCUT2D eigenvalue weighted by molar-refractivity contribution is 0.486. The number of fused-ring (bicyclic) bond motifs is 1. The average molecular weight is 261 g/mol. The fraction of sp³-hybridized carbons (Fsp3) is 0.500. The van der Waals surface area contributed by atoms with E-state index in [1.54, 1.807) is 16.8 Å². The van der Waals surface area contributed by atoms with Gasteiger partial charge in [-0.15, -0.1) is 0 Å². The Morgan fingerprint density at radius 2 is 1.63 bits per heavy atom. The van der Waals surface area contributed by atoms with Crippen molar-refractivity contribution in [2.45, 2.75) is 46.7 Å². The summed E-state index contributed by atoms with van der Waals surface area (Å²) >= 11 is 0. The summed E-state index contributed by atoms with van der Waals surface area (Å²) in [6.07, 6.45) is 1.63. The third-order valence-corrected chi connectivity index (χ3v) is 3.25. The molecule has 0 aliphatic heterocycles. The molecule has 0 saturated carbocycles. The van der Waals surface area contributed by atoms with E-state index in [1.807, 2.05) is 34.6 Å². The van der Waals surface area contributed by atoms with Crippen molar-refractivity contribution in [2.75, 3.05) is 0 Å². The van der Waals surface area contributed by atoms with E-state index in [9.17, 15) is 9.59 Å². The van der Waals surface area contributed by atoms with Gasteiger partial charge in [-0.25, -0.2) is 9.78 Å². The predicted molar refractivity (Wildman–Crippen MR) is 75.8 cm³/mol. The van der Waals surface area contributed by atoms with Gasteiger partial charge in [-0.2, -0.15) is 0 Å². The lowest BCUT2D eigenvalue weighted by Gasteiger charge is -2.18. The Kier molecular flexibility index (Phi) is 3.30. The van der Waals surface area contributed by atoms with E-state index < -0.39 is 0 Å². The van der Waals surface area contributed by atoms with E-state index in [1.165, 1.54) is 4.57 Å². The van der Waals surface area contributed by atoms with Crippen molar-refractivity contribution in [1.29, 1.82) is 0 Å². The number of hydrogen-bond donors (Lipinski definition) is 0. The van der Waals surface area contributed by atoms with E-state index in [4.69, 9.17) is 0 Å². The van der Waals surface area contributed by atoms with Gasteiger partial charge in [0.25, 0.3) is 5.56 Å². The second-order valence-corrected chi connectivity index (χ2v) is 5.34. The predicted octanol–water partition coefficient (Wildman–Crippen LogP) is 2.03. The molecule has 0 atom stereocenters. The summed E-state index contributed by atoms with van der Waals surface area (Å²) in [6.45, 7) is 9.38. The van der Waals surface area contributed by atoms with E-state index in [-0.39, 0.29) is 23.3 Å². The molecule has 0 fully saturated rings. The zero-order valence-electron chi connectivity index (χ0n) is 12.0. The van der Waals surface area contributed by atoms with Crippen LogP contribution in [0.2, 0.25) is 0 Å². The second-order valence-electron chi connectivity index (χ2n) is 5.34. The molecule has 102 valence electrons. The first-order chi connectivity index (χ1) is 8.86. The monoisotopic (exact) mass is 261 g/mol. The largest absolute Gasteiger partial charge is 0.333 e. The molecule has 2 aromatic heterocycles. The number of aryl methyl sites for hydroxylation is 1. The highest BCUT2D eigenvalue weighted by Gasteiger charge is 2.18. The summed E-state index contributed by atoms with van der Waals surface area (Å²) in [4.78, 5) is 29.2. The molecule has 0 N–H and O–H groups in total. The summed E-state index contributed by atoms with van der Waals surface area (Å²) in [5, 5.41) is 0.532. The summed E-state index contributed by atoms with van der Waals surface area (Å²) in [7, 11) is 0. The van der Waals surface area contributed by atoms with Crippen LogP contribution in [0, 0.1) is 6.92 Å². The Morgan fingerprint density at radius 3 is 2.16 bits per heavy atom. The molecule has 5 heteroatoms. The zero-order valence-corrected chi connectivity index (χ0v) is 12.0. The van der Waals surface area contributed by atoms with Gasteiger partial charge >= 0.3 is 5.69 Å². The Bertz CT molecular complexity index is 739. The van der Waals surface area contributed by atoms with Crippen LogP contribution >= 0.6 is 0 Å². The van der Waals surface area contributed by atoms with Gasteiger partial charge in [0, 0.05) is 18.3 Å². The average Bonchev–Trinajstić information content (AvgIpc) is 2.27. The topological polar surface area (TPSA) is 56.9 Å². The van der Waals surface area contributed by atoms with Gasteiger partial charge in [0.05, 0.1) is 5.39 Å². The molecule has 2 rings (SSSR count). The second kappa shape index (κ2) is 4.64. The van der Waals surface area contributed by atoms with Crippen LogP contribution in [0.5, 0.6) is 0 Å². The maximum atomic E-state index is 12.5. The maximum absolute atomic E-state index is 12.5. The SMILES string of the molecule is Cc1ccnc2c1c(=O)n(C(C)C)c(=O)n2C(C)C. The molecule has 2 aromatic rings. The molecule has 5 nitrogen and oxygen atoms in total. The van der Waals surface area contributed by atoms with Gasteiger partial charge in [-0.3, -0.25) is 13.9 Å². The Balaban J connectivity index is 3.14. The summed E-state index contributed by atoms with van der Waals surface area (Å²) in [5.74, 6) is 0. The normalized spacial score (nSPS) is 11.7. The van der Waals surface area contributed by atoms with Crippen molar-refractivity contribution >= 4 is 11.0 Å². The third-order valence-electron chi connectivity index (χ3n) is 3.25. The molecule has 0 bridgehead atoms. The smallest absolute Gasteiger partial charge is 0.275 e. The van der Waals surface area contributed by atoms with Gasteiger partial charge in [-0.05, 0) is 46.2 Å². The third kappa shape index (κ3) is 1.99. The van der Waals surface area contributed by atoms with Crippen molar-refractivity contribution in [3.8, 4) is 0 Å². The van der Waals surface area contributed by atoms with Crippen LogP contribution in [-0.2, 0) is 0 Å². The molecule has 0 aliphatic carbocycles. The number of pyridine rings is 1. The highest BCUT2D eigenvalue weighted by molar-refractivity contribution is 5.77. The van der Waals surface area contributed by atoms with Crippen LogP contribution in [-0.4, -0.2) is 14.1 Å². The molecule has 19 heavy (non-hydrogen) atoms.